The van der Waals surface area contributed by atoms with E-state index in [2.05, 4.69) is 29.3 Å². The maximum absolute atomic E-state index is 12.5. The van der Waals surface area contributed by atoms with Gasteiger partial charge in [-0.1, -0.05) is 12.1 Å². The number of ether oxygens (including phenoxy) is 2. The Morgan fingerprint density at radius 3 is 2.60 bits per heavy atom. The number of benzene rings is 1. The van der Waals surface area contributed by atoms with Gasteiger partial charge >= 0.3 is 6.03 Å². The lowest BCUT2D eigenvalue weighted by molar-refractivity contribution is 0.0198. The first-order valence-electron chi connectivity index (χ1n) is 9.23. The van der Waals surface area contributed by atoms with Crippen LogP contribution in [0.25, 0.3) is 0 Å². The highest BCUT2D eigenvalue weighted by molar-refractivity contribution is 5.89. The molecule has 0 radical (unpaired) electrons. The van der Waals surface area contributed by atoms with Crippen LogP contribution in [0, 0.1) is 0 Å². The molecule has 2 saturated heterocycles. The number of nitrogens with zero attached hydrogens (tertiary/aromatic N) is 2. The molecule has 6 nitrogen and oxygen atoms in total. The quantitative estimate of drug-likeness (QED) is 0.913. The summed E-state index contributed by atoms with van der Waals surface area (Å²) >= 11 is 0. The number of hydrogen-bond acceptors (Lipinski definition) is 4. The number of anilines is 1. The van der Waals surface area contributed by atoms with Crippen LogP contribution in [0.3, 0.4) is 0 Å². The van der Waals surface area contributed by atoms with Crippen LogP contribution >= 0.6 is 0 Å². The summed E-state index contributed by atoms with van der Waals surface area (Å²) in [7, 11) is 0. The molecule has 25 heavy (non-hydrogen) atoms. The number of rotatable bonds is 3. The van der Waals surface area contributed by atoms with Gasteiger partial charge in [0, 0.05) is 44.5 Å². The molecule has 2 fully saturated rings. The van der Waals surface area contributed by atoms with E-state index in [1.54, 1.807) is 0 Å². The Labute approximate surface area is 150 Å². The van der Waals surface area contributed by atoms with Gasteiger partial charge in [-0.25, -0.2) is 4.79 Å². The lowest BCUT2D eigenvalue weighted by atomic mass is 10.1. The van der Waals surface area contributed by atoms with Crippen LogP contribution in [0.4, 0.5) is 10.5 Å². The molecule has 2 atom stereocenters. The number of carbonyl (C=O) groups is 1. The van der Waals surface area contributed by atoms with Gasteiger partial charge in [0.1, 0.15) is 0 Å². The minimum Gasteiger partial charge on any atom is -0.379 e. The van der Waals surface area contributed by atoms with E-state index in [1.165, 1.54) is 5.56 Å². The summed E-state index contributed by atoms with van der Waals surface area (Å²) in [5.41, 5.74) is 2.09. The van der Waals surface area contributed by atoms with E-state index < -0.39 is 0 Å². The second-order valence-electron chi connectivity index (χ2n) is 6.86. The molecule has 0 spiro atoms. The highest BCUT2D eigenvalue weighted by Crippen LogP contribution is 2.23. The van der Waals surface area contributed by atoms with E-state index >= 15 is 0 Å². The first-order chi connectivity index (χ1) is 12.1. The molecule has 1 aromatic rings. The maximum Gasteiger partial charge on any atom is 0.321 e. The lowest BCUT2D eigenvalue weighted by Crippen LogP contribution is -2.39. The number of hydrogen-bond donors (Lipinski definition) is 1. The fraction of sp³-hybridized carbons (Fsp3) is 0.632. The highest BCUT2D eigenvalue weighted by atomic mass is 16.5. The molecule has 2 heterocycles. The summed E-state index contributed by atoms with van der Waals surface area (Å²) in [4.78, 5) is 16.7. The third kappa shape index (κ3) is 4.93. The predicted molar refractivity (Wildman–Crippen MR) is 97.9 cm³/mol. The van der Waals surface area contributed by atoms with Gasteiger partial charge in [-0.3, -0.25) is 4.90 Å². The topological polar surface area (TPSA) is 54.0 Å². The molecule has 2 aliphatic rings. The molecule has 0 aromatic heterocycles. The van der Waals surface area contributed by atoms with Crippen molar-refractivity contribution in [2.24, 2.45) is 0 Å². The number of carbonyl (C=O) groups excluding carboxylic acids is 1. The standard InChI is InChI=1S/C19H29N3O3/c1-15-14-22(8-3-11-25-15)19(23)20-18-6-4-17(5-7-18)16(2)21-9-12-24-13-10-21/h4-7,15-16H,3,8-14H2,1-2H3,(H,20,23)/t15-,16-/m0/s1. The zero-order chi connectivity index (χ0) is 17.6. The fourth-order valence-electron chi connectivity index (χ4n) is 3.40. The van der Waals surface area contributed by atoms with Gasteiger partial charge in [-0.2, -0.15) is 0 Å². The molecule has 6 heteroatoms. The molecular weight excluding hydrogens is 318 g/mol. The smallest absolute Gasteiger partial charge is 0.321 e. The summed E-state index contributed by atoms with van der Waals surface area (Å²) in [5, 5.41) is 3.00. The molecule has 1 aromatic carbocycles. The summed E-state index contributed by atoms with van der Waals surface area (Å²) < 4.78 is 11.0. The van der Waals surface area contributed by atoms with Crippen molar-refractivity contribution < 1.29 is 14.3 Å². The normalized spacial score (nSPS) is 23.8. The van der Waals surface area contributed by atoms with Crippen molar-refractivity contribution in [3.63, 3.8) is 0 Å². The van der Waals surface area contributed by atoms with Crippen molar-refractivity contribution in [2.45, 2.75) is 32.4 Å². The van der Waals surface area contributed by atoms with E-state index in [-0.39, 0.29) is 12.1 Å². The van der Waals surface area contributed by atoms with Gasteiger partial charge in [-0.05, 0) is 38.0 Å². The molecule has 0 aliphatic carbocycles. The van der Waals surface area contributed by atoms with Crippen molar-refractivity contribution in [1.82, 2.24) is 9.80 Å². The minimum absolute atomic E-state index is 0.0497. The van der Waals surface area contributed by atoms with E-state index in [0.717, 1.165) is 51.6 Å². The Balaban J connectivity index is 1.57. The van der Waals surface area contributed by atoms with Gasteiger partial charge in [0.25, 0.3) is 0 Å². The minimum atomic E-state index is -0.0497. The molecule has 0 unspecified atom stereocenters. The van der Waals surface area contributed by atoms with Crippen molar-refractivity contribution >= 4 is 11.7 Å². The Bertz CT molecular complexity index is 558. The number of nitrogens with one attached hydrogen (secondary N) is 1. The van der Waals surface area contributed by atoms with Gasteiger partial charge in [0.05, 0.1) is 19.3 Å². The van der Waals surface area contributed by atoms with Gasteiger partial charge < -0.3 is 19.7 Å². The first-order valence-corrected chi connectivity index (χ1v) is 9.23. The third-order valence-corrected chi connectivity index (χ3v) is 4.98. The molecule has 3 rings (SSSR count). The van der Waals surface area contributed by atoms with Crippen LogP contribution in [0.2, 0.25) is 0 Å². The molecular formula is C19H29N3O3. The number of amides is 2. The highest BCUT2D eigenvalue weighted by Gasteiger charge is 2.21. The molecule has 1 N–H and O–H groups in total. The number of morpholine rings is 1. The average molecular weight is 347 g/mol. The SMILES string of the molecule is C[C@H]1CN(C(=O)Nc2ccc([C@H](C)N3CCOCC3)cc2)CCCO1. The van der Waals surface area contributed by atoms with Crippen LogP contribution in [0.5, 0.6) is 0 Å². The van der Waals surface area contributed by atoms with Crippen LogP contribution in [-0.2, 0) is 9.47 Å². The van der Waals surface area contributed by atoms with E-state index in [4.69, 9.17) is 9.47 Å². The monoisotopic (exact) mass is 347 g/mol. The van der Waals surface area contributed by atoms with Gasteiger partial charge in [0.15, 0.2) is 0 Å². The summed E-state index contributed by atoms with van der Waals surface area (Å²) in [5.74, 6) is 0. The molecule has 138 valence electrons. The number of urea groups is 1. The lowest BCUT2D eigenvalue weighted by Gasteiger charge is -2.32. The fourth-order valence-corrected chi connectivity index (χ4v) is 3.40. The maximum atomic E-state index is 12.5. The Morgan fingerprint density at radius 2 is 1.88 bits per heavy atom. The first kappa shape index (κ1) is 18.2. The van der Waals surface area contributed by atoms with E-state index in [9.17, 15) is 4.79 Å². The molecule has 0 bridgehead atoms. The largest absolute Gasteiger partial charge is 0.379 e. The van der Waals surface area contributed by atoms with Crippen LogP contribution < -0.4 is 5.32 Å². The second-order valence-corrected chi connectivity index (χ2v) is 6.86. The van der Waals surface area contributed by atoms with Crippen LogP contribution in [-0.4, -0.2) is 67.9 Å². The van der Waals surface area contributed by atoms with Crippen molar-refractivity contribution in [1.29, 1.82) is 0 Å². The molecule has 0 saturated carbocycles. The molecule has 2 aliphatic heterocycles. The van der Waals surface area contributed by atoms with Crippen molar-refractivity contribution in [2.75, 3.05) is 51.3 Å². The van der Waals surface area contributed by atoms with Gasteiger partial charge in [0.2, 0.25) is 0 Å². The zero-order valence-corrected chi connectivity index (χ0v) is 15.2. The summed E-state index contributed by atoms with van der Waals surface area (Å²) in [6.07, 6.45) is 0.971. The van der Waals surface area contributed by atoms with Crippen molar-refractivity contribution in [3.8, 4) is 0 Å². The van der Waals surface area contributed by atoms with Crippen LogP contribution in [0.1, 0.15) is 31.9 Å². The van der Waals surface area contributed by atoms with E-state index in [1.807, 2.05) is 24.0 Å². The average Bonchev–Trinajstić information content (AvgIpc) is 2.87. The molecule has 2 amide bonds. The van der Waals surface area contributed by atoms with Crippen LogP contribution in [0.15, 0.2) is 24.3 Å². The Kier molecular flexibility index (Phi) is 6.29. The Morgan fingerprint density at radius 1 is 1.16 bits per heavy atom. The third-order valence-electron chi connectivity index (χ3n) is 4.98. The summed E-state index contributed by atoms with van der Waals surface area (Å²) in [6.45, 7) is 9.86. The Hall–Kier alpha value is -1.63. The van der Waals surface area contributed by atoms with Gasteiger partial charge in [-0.15, -0.1) is 0 Å². The van der Waals surface area contributed by atoms with E-state index in [0.29, 0.717) is 12.6 Å². The predicted octanol–water partition coefficient (Wildman–Crippen LogP) is 2.72. The summed E-state index contributed by atoms with van der Waals surface area (Å²) in [6, 6.07) is 8.49. The second kappa shape index (κ2) is 8.65. The van der Waals surface area contributed by atoms with Crippen molar-refractivity contribution in [3.05, 3.63) is 29.8 Å². The zero-order valence-electron chi connectivity index (χ0n) is 15.2.